The molecule has 0 aliphatic carbocycles. The van der Waals surface area contributed by atoms with E-state index in [1.807, 2.05) is 41.0 Å². The lowest BCUT2D eigenvalue weighted by Crippen LogP contribution is -2.29. The molecule has 2 amide bonds. The van der Waals surface area contributed by atoms with Gasteiger partial charge in [-0.1, -0.05) is 18.2 Å². The smallest absolute Gasteiger partial charge is 0.414 e. The van der Waals surface area contributed by atoms with Crippen molar-refractivity contribution >= 4 is 46.0 Å². The number of carbonyl (C=O) groups is 2. The standard InChI is InChI=1S/C26H26N4O4S/c1-15-24(19-6-2-4-16-7-10-23(32)30(15)25(16)19)27-11-3-5-18-13-29(26(33)34-18)17-8-9-21-20(12-17)28-22(31)14-35-21/h2,4,6-10,12,15,18,24,27H,3,5,11,13-14H2,1H3,(H,28,31)/t15-,18-,24-/m0/s1. The fourth-order valence-corrected chi connectivity index (χ4v) is 6.19. The lowest BCUT2D eigenvalue weighted by Gasteiger charge is -2.20. The predicted octanol–water partition coefficient (Wildman–Crippen LogP) is 4.06. The molecule has 3 atom stereocenters. The molecular formula is C26H26N4O4S. The van der Waals surface area contributed by atoms with E-state index in [2.05, 4.69) is 23.6 Å². The summed E-state index contributed by atoms with van der Waals surface area (Å²) in [5, 5.41) is 7.58. The number of pyridine rings is 1. The molecule has 4 heterocycles. The lowest BCUT2D eigenvalue weighted by molar-refractivity contribution is -0.113. The summed E-state index contributed by atoms with van der Waals surface area (Å²) in [5.41, 5.74) is 3.67. The van der Waals surface area contributed by atoms with Crippen LogP contribution in [0.1, 0.15) is 37.4 Å². The number of nitrogens with one attached hydrogen (secondary N) is 2. The summed E-state index contributed by atoms with van der Waals surface area (Å²) >= 11 is 1.50. The molecule has 2 N–H and O–H groups in total. The molecule has 0 spiro atoms. The van der Waals surface area contributed by atoms with E-state index in [0.29, 0.717) is 12.3 Å². The normalized spacial score (nSPS) is 22.9. The molecule has 35 heavy (non-hydrogen) atoms. The number of anilines is 2. The first-order valence-electron chi connectivity index (χ1n) is 11.9. The van der Waals surface area contributed by atoms with Crippen molar-refractivity contribution in [3.63, 3.8) is 0 Å². The molecule has 1 saturated heterocycles. The quantitative estimate of drug-likeness (QED) is 0.507. The molecule has 3 aliphatic rings. The van der Waals surface area contributed by atoms with Crippen molar-refractivity contribution in [1.29, 1.82) is 0 Å². The van der Waals surface area contributed by atoms with Gasteiger partial charge in [0.25, 0.3) is 5.56 Å². The molecule has 8 nitrogen and oxygen atoms in total. The van der Waals surface area contributed by atoms with Gasteiger partial charge in [0.15, 0.2) is 0 Å². The summed E-state index contributed by atoms with van der Waals surface area (Å²) in [6.07, 6.45) is 1.04. The van der Waals surface area contributed by atoms with Crippen LogP contribution in [0.3, 0.4) is 0 Å². The van der Waals surface area contributed by atoms with E-state index in [1.54, 1.807) is 11.0 Å². The summed E-state index contributed by atoms with van der Waals surface area (Å²) in [4.78, 5) is 39.4. The fraction of sp³-hybridized carbons (Fsp3) is 0.346. The Morgan fingerprint density at radius 3 is 2.91 bits per heavy atom. The first-order chi connectivity index (χ1) is 17.0. The maximum Gasteiger partial charge on any atom is 0.414 e. The number of cyclic esters (lactones) is 1. The third-order valence-corrected chi connectivity index (χ3v) is 8.13. The fourth-order valence-electron chi connectivity index (χ4n) is 5.40. The first-order valence-corrected chi connectivity index (χ1v) is 12.9. The molecule has 0 saturated carbocycles. The van der Waals surface area contributed by atoms with E-state index >= 15 is 0 Å². The average molecular weight is 491 g/mol. The van der Waals surface area contributed by atoms with Gasteiger partial charge in [0.2, 0.25) is 5.91 Å². The minimum absolute atomic E-state index is 0.0278. The molecule has 0 radical (unpaired) electrons. The van der Waals surface area contributed by atoms with Crippen LogP contribution in [0.4, 0.5) is 16.2 Å². The summed E-state index contributed by atoms with van der Waals surface area (Å²) in [6, 6.07) is 15.5. The predicted molar refractivity (Wildman–Crippen MR) is 136 cm³/mol. The number of thioether (sulfide) groups is 1. The van der Waals surface area contributed by atoms with Crippen molar-refractivity contribution in [2.75, 3.05) is 29.1 Å². The first kappa shape index (κ1) is 22.2. The highest BCUT2D eigenvalue weighted by atomic mass is 32.2. The van der Waals surface area contributed by atoms with Crippen LogP contribution in [0.2, 0.25) is 0 Å². The molecule has 1 fully saturated rings. The number of hydrogen-bond acceptors (Lipinski definition) is 6. The number of benzene rings is 2. The summed E-state index contributed by atoms with van der Waals surface area (Å²) in [7, 11) is 0. The Morgan fingerprint density at radius 1 is 1.14 bits per heavy atom. The van der Waals surface area contributed by atoms with E-state index < -0.39 is 0 Å². The molecule has 9 heteroatoms. The summed E-state index contributed by atoms with van der Waals surface area (Å²) < 4.78 is 7.51. The molecule has 6 rings (SSSR count). The Hall–Kier alpha value is -3.30. The van der Waals surface area contributed by atoms with E-state index in [1.165, 1.54) is 11.8 Å². The molecule has 1 aromatic heterocycles. The monoisotopic (exact) mass is 490 g/mol. The number of rotatable bonds is 6. The van der Waals surface area contributed by atoms with Crippen LogP contribution in [0, 0.1) is 0 Å². The molecule has 0 bridgehead atoms. The van der Waals surface area contributed by atoms with Crippen LogP contribution in [-0.4, -0.2) is 41.5 Å². The second-order valence-electron chi connectivity index (χ2n) is 9.27. The van der Waals surface area contributed by atoms with Gasteiger partial charge in [-0.25, -0.2) is 4.79 Å². The second-order valence-corrected chi connectivity index (χ2v) is 10.3. The Labute approximate surface area is 206 Å². The van der Waals surface area contributed by atoms with Crippen LogP contribution < -0.4 is 21.1 Å². The van der Waals surface area contributed by atoms with Crippen LogP contribution >= 0.6 is 11.8 Å². The SMILES string of the molecule is C[C@H]1[C@H](NCCC[C@H]2CN(c3ccc4c(c3)NC(=O)CS4)C(=O)O2)c2cccc3ccc(=O)n1c23. The highest BCUT2D eigenvalue weighted by Gasteiger charge is 2.34. The van der Waals surface area contributed by atoms with Crippen molar-refractivity contribution in [3.05, 3.63) is 64.4 Å². The molecule has 180 valence electrons. The molecule has 3 aromatic rings. The van der Waals surface area contributed by atoms with Gasteiger partial charge in [-0.05, 0) is 61.5 Å². The van der Waals surface area contributed by atoms with Crippen LogP contribution in [0.5, 0.6) is 0 Å². The van der Waals surface area contributed by atoms with Gasteiger partial charge >= 0.3 is 6.09 Å². The maximum absolute atomic E-state index is 12.5. The topological polar surface area (TPSA) is 92.7 Å². The van der Waals surface area contributed by atoms with Crippen LogP contribution in [-0.2, 0) is 9.53 Å². The zero-order valence-electron chi connectivity index (χ0n) is 19.3. The highest BCUT2D eigenvalue weighted by molar-refractivity contribution is 8.00. The summed E-state index contributed by atoms with van der Waals surface area (Å²) in [5.74, 6) is 0.376. The Kier molecular flexibility index (Phi) is 5.53. The zero-order chi connectivity index (χ0) is 24.1. The van der Waals surface area contributed by atoms with Gasteiger partial charge in [-0.3, -0.25) is 14.5 Å². The van der Waals surface area contributed by atoms with Crippen LogP contribution in [0.25, 0.3) is 10.9 Å². The Balaban J connectivity index is 1.07. The number of nitrogens with zero attached hydrogens (tertiary/aromatic N) is 2. The minimum atomic E-state index is -0.358. The zero-order valence-corrected chi connectivity index (χ0v) is 20.1. The number of para-hydroxylation sites is 1. The molecule has 0 unspecified atom stereocenters. The van der Waals surface area contributed by atoms with E-state index in [4.69, 9.17) is 4.74 Å². The van der Waals surface area contributed by atoms with Gasteiger partial charge in [-0.15, -0.1) is 11.8 Å². The van der Waals surface area contributed by atoms with Gasteiger partial charge < -0.3 is 19.9 Å². The number of ether oxygens (including phenoxy) is 1. The number of fused-ring (bicyclic) bond motifs is 1. The van der Waals surface area contributed by atoms with Crippen molar-refractivity contribution < 1.29 is 14.3 Å². The minimum Gasteiger partial charge on any atom is -0.444 e. The van der Waals surface area contributed by atoms with Gasteiger partial charge in [0.05, 0.1) is 35.6 Å². The number of amides is 2. The molecular weight excluding hydrogens is 464 g/mol. The average Bonchev–Trinajstić information content (AvgIpc) is 3.36. The third-order valence-electron chi connectivity index (χ3n) is 7.06. The molecule has 3 aliphatic heterocycles. The van der Waals surface area contributed by atoms with Gasteiger partial charge in [0.1, 0.15) is 6.10 Å². The van der Waals surface area contributed by atoms with Crippen molar-refractivity contribution in [2.24, 2.45) is 0 Å². The second kappa shape index (κ2) is 8.73. The van der Waals surface area contributed by atoms with Crippen molar-refractivity contribution in [1.82, 2.24) is 9.88 Å². The van der Waals surface area contributed by atoms with E-state index in [9.17, 15) is 14.4 Å². The summed E-state index contributed by atoms with van der Waals surface area (Å²) in [6.45, 7) is 3.32. The lowest BCUT2D eigenvalue weighted by atomic mass is 10.0. The van der Waals surface area contributed by atoms with Gasteiger partial charge in [-0.2, -0.15) is 0 Å². The van der Waals surface area contributed by atoms with Gasteiger partial charge in [0, 0.05) is 16.6 Å². The largest absolute Gasteiger partial charge is 0.444 e. The van der Waals surface area contributed by atoms with Crippen molar-refractivity contribution in [2.45, 2.75) is 42.8 Å². The third kappa shape index (κ3) is 3.88. The molecule has 2 aromatic carbocycles. The van der Waals surface area contributed by atoms with E-state index in [-0.39, 0.29) is 35.7 Å². The Morgan fingerprint density at radius 2 is 2.03 bits per heavy atom. The maximum atomic E-state index is 12.5. The highest BCUT2D eigenvalue weighted by Crippen LogP contribution is 2.39. The number of hydrogen-bond donors (Lipinski definition) is 2. The van der Waals surface area contributed by atoms with Crippen LogP contribution in [0.15, 0.2) is 58.2 Å². The number of carbonyl (C=O) groups excluding carboxylic acids is 2. The van der Waals surface area contributed by atoms with Crippen molar-refractivity contribution in [3.8, 4) is 0 Å². The Bertz CT molecular complexity index is 1400. The van der Waals surface area contributed by atoms with E-state index in [0.717, 1.165) is 52.1 Å². The number of aromatic nitrogens is 1.